The highest BCUT2D eigenvalue weighted by molar-refractivity contribution is 6.30. The molecule has 0 aliphatic carbocycles. The number of nitriles is 1. The van der Waals surface area contributed by atoms with Crippen molar-refractivity contribution in [3.8, 4) is 11.8 Å². The monoisotopic (exact) mass is 210 g/mol. The summed E-state index contributed by atoms with van der Waals surface area (Å²) >= 11 is 5.63. The number of amides is 1. The van der Waals surface area contributed by atoms with Crippen LogP contribution >= 0.6 is 11.6 Å². The second-order valence-electron chi connectivity index (χ2n) is 2.36. The highest BCUT2D eigenvalue weighted by Crippen LogP contribution is 2.15. The van der Waals surface area contributed by atoms with E-state index in [9.17, 15) is 4.79 Å². The van der Waals surface area contributed by atoms with Crippen LogP contribution < -0.4 is 10.1 Å². The maximum atomic E-state index is 10.9. The van der Waals surface area contributed by atoms with E-state index in [0.29, 0.717) is 10.8 Å². The summed E-state index contributed by atoms with van der Waals surface area (Å²) in [6.45, 7) is -0.0770. The van der Waals surface area contributed by atoms with E-state index in [1.165, 1.54) is 0 Å². The van der Waals surface area contributed by atoms with Gasteiger partial charge in [-0.15, -0.1) is 0 Å². The molecule has 4 nitrogen and oxygen atoms in total. The van der Waals surface area contributed by atoms with Crippen molar-refractivity contribution in [1.29, 1.82) is 5.26 Å². The minimum Gasteiger partial charge on any atom is -0.410 e. The lowest BCUT2D eigenvalue weighted by atomic mass is 10.3. The summed E-state index contributed by atoms with van der Waals surface area (Å²) in [5.41, 5.74) is 0. The van der Waals surface area contributed by atoms with E-state index in [-0.39, 0.29) is 6.54 Å². The molecule has 1 aromatic carbocycles. The largest absolute Gasteiger partial charge is 0.413 e. The Labute approximate surface area is 86.0 Å². The van der Waals surface area contributed by atoms with Gasteiger partial charge in [-0.25, -0.2) is 4.79 Å². The first kappa shape index (κ1) is 10.4. The molecule has 1 rings (SSSR count). The molecule has 0 aliphatic heterocycles. The van der Waals surface area contributed by atoms with Crippen molar-refractivity contribution in [1.82, 2.24) is 5.32 Å². The molecule has 0 saturated heterocycles. The summed E-state index contributed by atoms with van der Waals surface area (Å²) in [5, 5.41) is 11.0. The predicted molar refractivity (Wildman–Crippen MR) is 51.1 cm³/mol. The molecule has 0 saturated carbocycles. The highest BCUT2D eigenvalue weighted by Gasteiger charge is 2.01. The quantitative estimate of drug-likeness (QED) is 0.759. The lowest BCUT2D eigenvalue weighted by molar-refractivity contribution is 0.202. The van der Waals surface area contributed by atoms with Crippen LogP contribution in [0, 0.1) is 11.3 Å². The van der Waals surface area contributed by atoms with Crippen molar-refractivity contribution in [3.63, 3.8) is 0 Å². The number of carbonyl (C=O) groups excluding carboxylic acids is 1. The maximum Gasteiger partial charge on any atom is 0.413 e. The first-order valence-electron chi connectivity index (χ1n) is 3.80. The number of halogens is 1. The third kappa shape index (κ3) is 3.33. The summed E-state index contributed by atoms with van der Waals surface area (Å²) in [6.07, 6.45) is -0.658. The predicted octanol–water partition coefficient (Wildman–Crippen LogP) is 1.95. The van der Waals surface area contributed by atoms with Crippen LogP contribution in [0.5, 0.6) is 5.75 Å². The number of benzene rings is 1. The Bertz CT molecular complexity index is 356. The van der Waals surface area contributed by atoms with E-state index >= 15 is 0 Å². The molecule has 0 heterocycles. The number of carbonyl (C=O) groups is 1. The van der Waals surface area contributed by atoms with Gasteiger partial charge in [0, 0.05) is 5.02 Å². The van der Waals surface area contributed by atoms with Crippen molar-refractivity contribution < 1.29 is 9.53 Å². The number of nitrogens with zero attached hydrogens (tertiary/aromatic N) is 1. The molecule has 1 N–H and O–H groups in total. The van der Waals surface area contributed by atoms with Crippen LogP contribution in [0.15, 0.2) is 24.3 Å². The Hall–Kier alpha value is -1.73. The molecule has 0 unspecified atom stereocenters. The fourth-order valence-corrected chi connectivity index (χ4v) is 0.883. The molecule has 1 aromatic rings. The molecule has 5 heteroatoms. The van der Waals surface area contributed by atoms with Gasteiger partial charge < -0.3 is 10.1 Å². The smallest absolute Gasteiger partial charge is 0.410 e. The minimum absolute atomic E-state index is 0.0770. The van der Waals surface area contributed by atoms with Crippen LogP contribution in [0.1, 0.15) is 0 Å². The van der Waals surface area contributed by atoms with Crippen molar-refractivity contribution in [2.75, 3.05) is 6.54 Å². The van der Waals surface area contributed by atoms with Gasteiger partial charge in [0.15, 0.2) is 0 Å². The van der Waals surface area contributed by atoms with Gasteiger partial charge in [0.25, 0.3) is 0 Å². The number of nitrogens with one attached hydrogen (secondary N) is 1. The SMILES string of the molecule is N#CCNC(=O)Oc1ccc(Cl)cc1. The summed E-state index contributed by atoms with van der Waals surface area (Å²) in [5.74, 6) is 0.379. The lowest BCUT2D eigenvalue weighted by Gasteiger charge is -2.03. The summed E-state index contributed by atoms with van der Waals surface area (Å²) in [7, 11) is 0. The topological polar surface area (TPSA) is 62.1 Å². The van der Waals surface area contributed by atoms with E-state index in [1.54, 1.807) is 30.3 Å². The average Bonchev–Trinajstić information content (AvgIpc) is 2.18. The van der Waals surface area contributed by atoms with E-state index in [0.717, 1.165) is 0 Å². The second kappa shape index (κ2) is 5.10. The van der Waals surface area contributed by atoms with Gasteiger partial charge in [-0.2, -0.15) is 5.26 Å². The molecular weight excluding hydrogens is 204 g/mol. The van der Waals surface area contributed by atoms with Crippen LogP contribution in [0.2, 0.25) is 5.02 Å². The Morgan fingerprint density at radius 1 is 1.50 bits per heavy atom. The van der Waals surface area contributed by atoms with E-state index < -0.39 is 6.09 Å². The summed E-state index contributed by atoms with van der Waals surface area (Å²) < 4.78 is 4.81. The van der Waals surface area contributed by atoms with Gasteiger partial charge in [0.1, 0.15) is 12.3 Å². The van der Waals surface area contributed by atoms with Crippen LogP contribution in [0.4, 0.5) is 4.79 Å². The zero-order valence-corrected chi connectivity index (χ0v) is 7.91. The Balaban J connectivity index is 2.49. The van der Waals surface area contributed by atoms with Crippen molar-refractivity contribution in [2.45, 2.75) is 0 Å². The molecule has 0 atom stereocenters. The van der Waals surface area contributed by atoms with Crippen molar-refractivity contribution >= 4 is 17.7 Å². The van der Waals surface area contributed by atoms with Crippen molar-refractivity contribution in [2.24, 2.45) is 0 Å². The first-order valence-corrected chi connectivity index (χ1v) is 4.18. The normalized spacial score (nSPS) is 8.86. The van der Waals surface area contributed by atoms with Gasteiger partial charge in [-0.3, -0.25) is 0 Å². The fraction of sp³-hybridized carbons (Fsp3) is 0.111. The third-order valence-electron chi connectivity index (χ3n) is 1.34. The number of ether oxygens (including phenoxy) is 1. The molecule has 72 valence electrons. The first-order chi connectivity index (χ1) is 6.72. The lowest BCUT2D eigenvalue weighted by Crippen LogP contribution is -2.26. The molecule has 0 aliphatic rings. The molecule has 1 amide bonds. The zero-order valence-electron chi connectivity index (χ0n) is 7.16. The third-order valence-corrected chi connectivity index (χ3v) is 1.59. The number of hydrogen-bond donors (Lipinski definition) is 1. The number of hydrogen-bond acceptors (Lipinski definition) is 3. The highest BCUT2D eigenvalue weighted by atomic mass is 35.5. The molecule has 14 heavy (non-hydrogen) atoms. The average molecular weight is 211 g/mol. The van der Waals surface area contributed by atoms with Gasteiger partial charge >= 0.3 is 6.09 Å². The molecular formula is C9H7ClN2O2. The minimum atomic E-state index is -0.658. The van der Waals surface area contributed by atoms with Crippen LogP contribution in [-0.4, -0.2) is 12.6 Å². The molecule has 0 spiro atoms. The van der Waals surface area contributed by atoms with Gasteiger partial charge in [0.05, 0.1) is 6.07 Å². The van der Waals surface area contributed by atoms with E-state index in [1.807, 2.05) is 0 Å². The number of rotatable bonds is 2. The van der Waals surface area contributed by atoms with Gasteiger partial charge in [0.2, 0.25) is 0 Å². The van der Waals surface area contributed by atoms with Crippen molar-refractivity contribution in [3.05, 3.63) is 29.3 Å². The maximum absolute atomic E-state index is 10.9. The molecule has 0 radical (unpaired) electrons. The van der Waals surface area contributed by atoms with E-state index in [4.69, 9.17) is 21.6 Å². The Morgan fingerprint density at radius 3 is 2.71 bits per heavy atom. The second-order valence-corrected chi connectivity index (χ2v) is 2.79. The van der Waals surface area contributed by atoms with Gasteiger partial charge in [-0.05, 0) is 24.3 Å². The summed E-state index contributed by atoms with van der Waals surface area (Å²) in [4.78, 5) is 10.9. The standard InChI is InChI=1S/C9H7ClN2O2/c10-7-1-3-8(4-2-7)14-9(13)12-6-5-11/h1-4H,6H2,(H,12,13). The summed E-state index contributed by atoms with van der Waals surface area (Å²) in [6, 6.07) is 8.10. The fourth-order valence-electron chi connectivity index (χ4n) is 0.757. The van der Waals surface area contributed by atoms with Gasteiger partial charge in [-0.1, -0.05) is 11.6 Å². The molecule has 0 fully saturated rings. The molecule has 0 bridgehead atoms. The zero-order chi connectivity index (χ0) is 10.4. The van der Waals surface area contributed by atoms with Crippen LogP contribution in [-0.2, 0) is 0 Å². The molecule has 0 aromatic heterocycles. The Morgan fingerprint density at radius 2 is 2.14 bits per heavy atom. The van der Waals surface area contributed by atoms with E-state index in [2.05, 4.69) is 5.32 Å². The van der Waals surface area contributed by atoms with Crippen LogP contribution in [0.3, 0.4) is 0 Å². The Kier molecular flexibility index (Phi) is 3.77. The van der Waals surface area contributed by atoms with Crippen LogP contribution in [0.25, 0.3) is 0 Å².